The van der Waals surface area contributed by atoms with Gasteiger partial charge < -0.3 is 28.8 Å². The lowest BCUT2D eigenvalue weighted by atomic mass is 9.88. The molecular weight excluding hydrogens is 591 g/mol. The molecule has 0 aromatic heterocycles. The molecule has 2 atom stereocenters. The normalized spacial score (nSPS) is 14.3. The lowest BCUT2D eigenvalue weighted by Gasteiger charge is -2.25. The van der Waals surface area contributed by atoms with E-state index in [0.29, 0.717) is 0 Å². The van der Waals surface area contributed by atoms with Crippen molar-refractivity contribution in [1.82, 2.24) is 0 Å². The number of ether oxygens (including phenoxy) is 2. The quantitative estimate of drug-likeness (QED) is 0.0419. The number of esters is 2. The molecule has 42 heavy (non-hydrogen) atoms. The van der Waals surface area contributed by atoms with E-state index in [1.807, 2.05) is 5.92 Å². The Balaban J connectivity index is -0.000000547. The predicted octanol–water partition coefficient (Wildman–Crippen LogP) is 5.50. The zero-order valence-electron chi connectivity index (χ0n) is 25.8. The van der Waals surface area contributed by atoms with Crippen LogP contribution in [0.1, 0.15) is 75.2 Å². The third-order valence-corrected chi connectivity index (χ3v) is 6.49. The molecule has 0 aliphatic rings. The van der Waals surface area contributed by atoms with Gasteiger partial charge in [-0.05, 0) is 55.4 Å². The van der Waals surface area contributed by atoms with Crippen LogP contribution in [0, 0.1) is 23.2 Å². The van der Waals surface area contributed by atoms with Gasteiger partial charge in [0.25, 0.3) is 12.9 Å². The fraction of sp³-hybridized carbons (Fsp3) is 0.731. The first kappa shape index (κ1) is 43.5. The van der Waals surface area contributed by atoms with Crippen LogP contribution in [0.25, 0.3) is 5.53 Å². The van der Waals surface area contributed by atoms with E-state index in [-0.39, 0.29) is 6.29 Å². The zero-order chi connectivity index (χ0) is 34.3. The second-order valence-corrected chi connectivity index (χ2v) is 13.3. The van der Waals surface area contributed by atoms with E-state index in [1.54, 1.807) is 41.5 Å². The number of rotatable bonds is 11. The highest BCUT2D eigenvalue weighted by atomic mass is 31.2. The van der Waals surface area contributed by atoms with Crippen molar-refractivity contribution < 1.29 is 64.6 Å². The van der Waals surface area contributed by atoms with E-state index in [9.17, 15) is 41.3 Å². The number of aldehydes is 1. The minimum atomic E-state index is -3.70. The molecule has 0 fully saturated rings. The Morgan fingerprint density at radius 3 is 1.45 bits per heavy atom. The fourth-order valence-electron chi connectivity index (χ4n) is 2.29. The van der Waals surface area contributed by atoms with Crippen LogP contribution in [0.3, 0.4) is 0 Å². The number of halogens is 4. The molecule has 11 nitrogen and oxygen atoms in total. The van der Waals surface area contributed by atoms with Gasteiger partial charge >= 0.3 is 25.0 Å². The Labute approximate surface area is 244 Å². The third kappa shape index (κ3) is 17.1. The smallest absolute Gasteiger partial charge is 0.446 e. The zero-order valence-corrected chi connectivity index (χ0v) is 26.6. The number of carbonyl (C=O) groups excluding carboxylic acids is 4. The SMILES string of the molecule is C#CC(C)(CC(=O)OC(C)(C)C)C(F)F.CC(C)(C)OC(=O)CC(C)(C=O)C(F)F.COP(=O)(OC)C(=[N+]=[N-])C(C)=O. The summed E-state index contributed by atoms with van der Waals surface area (Å²) in [4.78, 5) is 46.3. The average Bonchev–Trinajstić information content (AvgIpc) is 2.81. The van der Waals surface area contributed by atoms with Crippen molar-refractivity contribution in [2.45, 2.75) is 99.2 Å². The molecular formula is C26H41F4N2O9P. The predicted molar refractivity (Wildman–Crippen MR) is 145 cm³/mol. The van der Waals surface area contributed by atoms with Crippen LogP contribution in [0.4, 0.5) is 17.6 Å². The van der Waals surface area contributed by atoms with Crippen molar-refractivity contribution in [3.8, 4) is 12.3 Å². The summed E-state index contributed by atoms with van der Waals surface area (Å²) < 4.78 is 79.9. The minimum absolute atomic E-state index is 0.0988. The standard InChI is InChI=1S/C11H16F2O2.C10H16F2O3.C5H9N2O4P/c1-6-11(5,9(12)13)7-8(14)15-10(2,3)4;1-9(2,3)15-7(14)5-10(4,6-13)8(11)12;1-4(8)5(7-6)12(9,10-2)11-3/h1,9H,7H2,2-5H3;6,8H,5H2,1-4H3;1-3H3. The highest BCUT2D eigenvalue weighted by Crippen LogP contribution is 2.47. The summed E-state index contributed by atoms with van der Waals surface area (Å²) in [7, 11) is -1.51. The summed E-state index contributed by atoms with van der Waals surface area (Å²) in [6.45, 7) is 13.2. The van der Waals surface area contributed by atoms with Gasteiger partial charge in [-0.25, -0.2) is 22.1 Å². The third-order valence-electron chi connectivity index (χ3n) is 4.61. The van der Waals surface area contributed by atoms with Gasteiger partial charge in [0.05, 0.1) is 23.7 Å². The Morgan fingerprint density at radius 2 is 1.26 bits per heavy atom. The number of ketones is 1. The van der Waals surface area contributed by atoms with Crippen LogP contribution in [0.2, 0.25) is 0 Å². The lowest BCUT2D eigenvalue weighted by Crippen LogP contribution is -2.34. The molecule has 0 N–H and O–H groups in total. The van der Waals surface area contributed by atoms with Crippen molar-refractivity contribution in [3.63, 3.8) is 0 Å². The Kier molecular flexibility index (Phi) is 18.6. The maximum absolute atomic E-state index is 12.5. The minimum Gasteiger partial charge on any atom is -0.460 e. The molecule has 0 spiro atoms. The number of hydrogen-bond donors (Lipinski definition) is 0. The summed E-state index contributed by atoms with van der Waals surface area (Å²) in [5.74, 6) is -0.218. The molecule has 0 saturated heterocycles. The van der Waals surface area contributed by atoms with Gasteiger partial charge in [-0.3, -0.25) is 14.4 Å². The van der Waals surface area contributed by atoms with E-state index in [1.165, 1.54) is 6.92 Å². The molecule has 0 aliphatic heterocycles. The fourth-order valence-corrected chi connectivity index (χ4v) is 3.28. The van der Waals surface area contributed by atoms with Crippen molar-refractivity contribution in [2.75, 3.05) is 14.2 Å². The van der Waals surface area contributed by atoms with E-state index >= 15 is 0 Å². The number of Topliss-reactive ketones (excluding diaryl/α,β-unsaturated/α-hetero) is 1. The van der Waals surface area contributed by atoms with E-state index < -0.39 is 78.5 Å². The van der Waals surface area contributed by atoms with Crippen LogP contribution < -0.4 is 0 Å². The molecule has 0 aromatic rings. The first-order chi connectivity index (χ1) is 18.7. The van der Waals surface area contributed by atoms with Gasteiger partial charge in [0, 0.05) is 21.1 Å². The van der Waals surface area contributed by atoms with Crippen LogP contribution >= 0.6 is 7.60 Å². The molecule has 0 aliphatic carbocycles. The second kappa shape index (κ2) is 17.9. The number of alkyl halides is 4. The van der Waals surface area contributed by atoms with Crippen LogP contribution in [0.5, 0.6) is 0 Å². The molecule has 0 aromatic carbocycles. The van der Waals surface area contributed by atoms with Crippen LogP contribution in [-0.4, -0.2) is 72.5 Å². The molecule has 242 valence electrons. The van der Waals surface area contributed by atoms with Gasteiger partial charge in [-0.15, -0.1) is 6.42 Å². The first-order valence-electron chi connectivity index (χ1n) is 12.1. The van der Waals surface area contributed by atoms with Crippen molar-refractivity contribution in [2.24, 2.45) is 10.8 Å². The van der Waals surface area contributed by atoms with Crippen molar-refractivity contribution >= 4 is 37.1 Å². The maximum Gasteiger partial charge on any atom is 0.446 e. The van der Waals surface area contributed by atoms with Crippen LogP contribution in [0.15, 0.2) is 0 Å². The summed E-state index contributed by atoms with van der Waals surface area (Å²) in [5, 5.41) is 0. The molecule has 0 heterocycles. The molecule has 2 unspecified atom stereocenters. The summed E-state index contributed by atoms with van der Waals surface area (Å²) >= 11 is 0. The first-order valence-corrected chi connectivity index (χ1v) is 13.7. The van der Waals surface area contributed by atoms with Gasteiger partial charge in [-0.2, -0.15) is 4.79 Å². The highest BCUT2D eigenvalue weighted by Gasteiger charge is 2.42. The number of hydrogen-bond acceptors (Lipinski definition) is 9. The van der Waals surface area contributed by atoms with Gasteiger partial charge in [0.1, 0.15) is 17.5 Å². The topological polar surface area (TPSA) is 159 Å². The van der Waals surface area contributed by atoms with Crippen molar-refractivity contribution in [3.05, 3.63) is 5.53 Å². The molecule has 0 amide bonds. The maximum atomic E-state index is 12.5. The Hall–Kier alpha value is -2.91. The van der Waals surface area contributed by atoms with Crippen LogP contribution in [-0.2, 0) is 42.3 Å². The number of nitrogens with zero attached hydrogens (tertiary/aromatic N) is 2. The molecule has 0 bridgehead atoms. The monoisotopic (exact) mass is 632 g/mol. The average molecular weight is 633 g/mol. The lowest BCUT2D eigenvalue weighted by molar-refractivity contribution is -0.162. The summed E-state index contributed by atoms with van der Waals surface area (Å²) in [5.41, 5.74) is 2.60. The van der Waals surface area contributed by atoms with E-state index in [4.69, 9.17) is 21.4 Å². The van der Waals surface area contributed by atoms with Gasteiger partial charge in [0.15, 0.2) is 0 Å². The Morgan fingerprint density at radius 1 is 0.881 bits per heavy atom. The van der Waals surface area contributed by atoms with Gasteiger partial charge in [-0.1, -0.05) is 5.92 Å². The summed E-state index contributed by atoms with van der Waals surface area (Å²) in [6.07, 6.45) is -1.61. The highest BCUT2D eigenvalue weighted by molar-refractivity contribution is 7.74. The second-order valence-electron chi connectivity index (χ2n) is 11.2. The molecule has 0 rings (SSSR count). The summed E-state index contributed by atoms with van der Waals surface area (Å²) in [6, 6.07) is 0. The van der Waals surface area contributed by atoms with Crippen molar-refractivity contribution in [1.29, 1.82) is 0 Å². The molecule has 0 radical (unpaired) electrons. The Bertz CT molecular complexity index is 1070. The van der Waals surface area contributed by atoms with E-state index in [2.05, 4.69) is 13.8 Å². The van der Waals surface area contributed by atoms with Gasteiger partial charge in [0.2, 0.25) is 5.78 Å². The largest absolute Gasteiger partial charge is 0.460 e. The molecule has 0 saturated carbocycles. The molecule has 16 heteroatoms. The van der Waals surface area contributed by atoms with E-state index in [0.717, 1.165) is 28.1 Å². The number of terminal acetylenes is 1. The number of carbonyl (C=O) groups is 4.